The average Bonchev–Trinajstić information content (AvgIpc) is 3.84. The van der Waals surface area contributed by atoms with E-state index in [1.54, 1.807) is 33.1 Å². The van der Waals surface area contributed by atoms with Crippen LogP contribution in [-0.2, 0) is 68.2 Å². The van der Waals surface area contributed by atoms with Crippen molar-refractivity contribution in [3.63, 3.8) is 0 Å². The van der Waals surface area contributed by atoms with Crippen molar-refractivity contribution in [3.8, 4) is 29.1 Å². The lowest BCUT2D eigenvalue weighted by atomic mass is 9.94. The van der Waals surface area contributed by atoms with Gasteiger partial charge in [0.05, 0.1) is 41.1 Å². The first-order valence-corrected chi connectivity index (χ1v) is 28.3. The maximum absolute atomic E-state index is 12.8. The number of hydrogen-bond donors (Lipinski definition) is 3. The van der Waals surface area contributed by atoms with Gasteiger partial charge in [0.15, 0.2) is 5.66 Å². The van der Waals surface area contributed by atoms with Gasteiger partial charge in [-0.2, -0.15) is 5.26 Å². The quantitative estimate of drug-likeness (QED) is 0.0397. The average molecular weight is 982 g/mol. The van der Waals surface area contributed by atoms with Crippen molar-refractivity contribution >= 4 is 46.9 Å². The zero-order valence-corrected chi connectivity index (χ0v) is 43.2. The van der Waals surface area contributed by atoms with Crippen LogP contribution in [0.15, 0.2) is 23.3 Å². The second-order valence-corrected chi connectivity index (χ2v) is 27.1. The number of carbonyl (C=O) groups excluding carboxylic acids is 4. The molecule has 2 aliphatic rings. The van der Waals surface area contributed by atoms with Crippen LogP contribution in [0.5, 0.6) is 23.0 Å². The Hall–Kier alpha value is -4.95. The Morgan fingerprint density at radius 3 is 1.65 bits per heavy atom. The van der Waals surface area contributed by atoms with Crippen molar-refractivity contribution in [1.82, 2.24) is 0 Å². The molecule has 3 atom stereocenters. The number of methoxy groups -OCH3 is 4. The summed E-state index contributed by atoms with van der Waals surface area (Å²) in [6.07, 6.45) is 4.06. The van der Waals surface area contributed by atoms with E-state index in [2.05, 4.69) is 24.4 Å². The van der Waals surface area contributed by atoms with E-state index in [1.165, 1.54) is 34.9 Å². The van der Waals surface area contributed by atoms with E-state index in [1.807, 2.05) is 19.9 Å². The van der Waals surface area contributed by atoms with Gasteiger partial charge in [0.25, 0.3) is 0 Å². The van der Waals surface area contributed by atoms with Crippen LogP contribution < -0.4 is 14.2 Å². The third kappa shape index (κ3) is 14.5. The Labute approximate surface area is 388 Å². The zero-order chi connectivity index (χ0) is 50.5. The van der Waals surface area contributed by atoms with Gasteiger partial charge in [0.2, 0.25) is 7.37 Å². The van der Waals surface area contributed by atoms with Crippen molar-refractivity contribution in [3.05, 3.63) is 67.8 Å². The van der Waals surface area contributed by atoms with Crippen molar-refractivity contribution in [2.45, 2.75) is 111 Å². The molecule has 2 aromatic rings. The van der Waals surface area contributed by atoms with Crippen LogP contribution in [0, 0.1) is 25.2 Å². The van der Waals surface area contributed by atoms with Crippen molar-refractivity contribution in [2.24, 2.45) is 0 Å². The second kappa shape index (κ2) is 24.7. The molecule has 0 radical (unpaired) electrons. The monoisotopic (exact) mass is 981 g/mol. The molecule has 0 fully saturated rings. The normalized spacial score (nSPS) is 15.1. The Kier molecular flexibility index (Phi) is 21.4. The smallest absolute Gasteiger partial charge is 0.342 e. The molecule has 2 aliphatic heterocycles. The molecular formula is C45H65NO17P2Si. The summed E-state index contributed by atoms with van der Waals surface area (Å²) < 4.78 is 66.6. The maximum atomic E-state index is 12.8. The Morgan fingerprint density at radius 1 is 0.788 bits per heavy atom. The van der Waals surface area contributed by atoms with Gasteiger partial charge in [-0.05, 0) is 70.5 Å². The third-order valence-electron chi connectivity index (χ3n) is 11.0. The van der Waals surface area contributed by atoms with E-state index in [9.17, 15) is 43.2 Å². The number of allylic oxidation sites excluding steroid dienone is 4. The minimum absolute atomic E-state index is 0.0577. The van der Waals surface area contributed by atoms with Crippen LogP contribution in [0.2, 0.25) is 25.7 Å². The lowest BCUT2D eigenvalue weighted by Gasteiger charge is -2.22. The summed E-state index contributed by atoms with van der Waals surface area (Å²) in [7, 11) is -2.59. The fraction of sp³-hybridized carbons (Fsp3) is 0.533. The molecule has 3 N–H and O–H groups in total. The summed E-state index contributed by atoms with van der Waals surface area (Å²) in [5, 5.41) is 17.9. The molecule has 0 aromatic heterocycles. The number of aromatic hydroxyl groups is 1. The van der Waals surface area contributed by atoms with E-state index in [-0.39, 0.29) is 43.8 Å². The molecule has 0 amide bonds. The second-order valence-electron chi connectivity index (χ2n) is 16.9. The standard InChI is InChI=1S/C25H39O8PSi.C18H23O9P.C2H3N/c1-16(14-20(24(26)30-4)34(6,28)31-5)10-11-18-22(29-3)17(2)19-15-33-25(27)21(19)23(18)32-12-13-35(7,8)9;1-9(7-13(17(20)26-4)28(22,23)24)5-6-11-15(19)14-12(8-27-18(14)21)10(2)16(11)25-3;1-2-3/h10,20H,11-15H2,1-9H3;5,13,19H,6-8H2,1-4H3,(H2,22,23,24);1H3/b16-10+;9-5+;. The minimum atomic E-state index is -4.70. The van der Waals surface area contributed by atoms with Crippen LogP contribution in [0.3, 0.4) is 0 Å². The van der Waals surface area contributed by atoms with Gasteiger partial charge >= 0.3 is 31.5 Å². The molecule has 18 nitrogen and oxygen atoms in total. The Bertz CT molecular complexity index is 2340. The number of benzene rings is 2. The number of esters is 4. The molecule has 0 saturated carbocycles. The van der Waals surface area contributed by atoms with Crippen molar-refractivity contribution in [1.29, 1.82) is 5.26 Å². The molecular weight excluding hydrogens is 917 g/mol. The number of cyclic esters (lactones) is 2. The highest BCUT2D eigenvalue weighted by atomic mass is 31.2. The summed E-state index contributed by atoms with van der Waals surface area (Å²) >= 11 is 0. The Balaban J connectivity index is 0.000000437. The first-order valence-electron chi connectivity index (χ1n) is 20.8. The molecule has 66 heavy (non-hydrogen) atoms. The van der Waals surface area contributed by atoms with E-state index in [0.29, 0.717) is 58.1 Å². The predicted octanol–water partition coefficient (Wildman–Crippen LogP) is 7.87. The first-order chi connectivity index (χ1) is 30.7. The van der Waals surface area contributed by atoms with Crippen LogP contribution >= 0.6 is 15.0 Å². The van der Waals surface area contributed by atoms with Crippen LogP contribution in [0.25, 0.3) is 0 Å². The molecule has 2 heterocycles. The summed E-state index contributed by atoms with van der Waals surface area (Å²) in [4.78, 5) is 67.3. The molecule has 2 aromatic carbocycles. The summed E-state index contributed by atoms with van der Waals surface area (Å²) in [5.74, 6) is -1.29. The number of hydrogen-bond acceptors (Lipinski definition) is 16. The van der Waals surface area contributed by atoms with Gasteiger partial charge in [-0.15, -0.1) is 0 Å². The van der Waals surface area contributed by atoms with Gasteiger partial charge in [-0.1, -0.05) is 42.9 Å². The predicted molar refractivity (Wildman–Crippen MR) is 249 cm³/mol. The highest BCUT2D eigenvalue weighted by Gasteiger charge is 2.38. The third-order valence-corrected chi connectivity index (χ3v) is 16.2. The summed E-state index contributed by atoms with van der Waals surface area (Å²) in [6.45, 7) is 17.5. The first kappa shape index (κ1) is 57.2. The number of nitrogens with zero attached hydrogens (tertiary/aromatic N) is 1. The molecule has 3 unspecified atom stereocenters. The van der Waals surface area contributed by atoms with Crippen LogP contribution in [0.1, 0.15) is 87.7 Å². The minimum Gasteiger partial charge on any atom is -0.507 e. The zero-order valence-electron chi connectivity index (χ0n) is 40.4. The van der Waals surface area contributed by atoms with Crippen LogP contribution in [-0.4, -0.2) is 107 Å². The maximum Gasteiger partial charge on any atom is 0.342 e. The van der Waals surface area contributed by atoms with E-state index < -0.39 is 58.2 Å². The Morgan fingerprint density at radius 2 is 1.21 bits per heavy atom. The SMILES string of the molecule is CC#N.COC(=O)C(C/C(C)=C/Cc1c(O)c2c(c(C)c1OC)COC2=O)P(=O)(O)O.COC(=O)C(C/C(C)=C/Cc1c(OC)c(C)c2c(c1OCC[Si](C)(C)C)C(=O)OC2)P(C)(=O)OC. The number of carbonyl (C=O) groups is 4. The van der Waals surface area contributed by atoms with E-state index in [4.69, 9.17) is 38.2 Å². The van der Waals surface area contributed by atoms with Gasteiger partial charge in [0.1, 0.15) is 53.0 Å². The van der Waals surface area contributed by atoms with Gasteiger partial charge in [0, 0.05) is 51.0 Å². The lowest BCUT2D eigenvalue weighted by molar-refractivity contribution is -0.141. The van der Waals surface area contributed by atoms with E-state index >= 15 is 0 Å². The summed E-state index contributed by atoms with van der Waals surface area (Å²) in [6, 6.07) is 2.69. The largest absolute Gasteiger partial charge is 0.507 e. The lowest BCUT2D eigenvalue weighted by Crippen LogP contribution is -2.23. The molecule has 0 bridgehead atoms. The number of fused-ring (bicyclic) bond motifs is 2. The van der Waals surface area contributed by atoms with Gasteiger partial charge in [-0.25, -0.2) is 9.59 Å². The fourth-order valence-corrected chi connectivity index (χ4v) is 10.1. The highest BCUT2D eigenvalue weighted by molar-refractivity contribution is 7.60. The highest BCUT2D eigenvalue weighted by Crippen LogP contribution is 2.50. The van der Waals surface area contributed by atoms with Crippen LogP contribution in [0.4, 0.5) is 0 Å². The summed E-state index contributed by atoms with van der Waals surface area (Å²) in [5.41, 5.74) is 3.35. The van der Waals surface area contributed by atoms with Gasteiger partial charge in [-0.3, -0.25) is 18.7 Å². The number of phenolic OH excluding ortho intramolecular Hbond substituents is 1. The van der Waals surface area contributed by atoms with Crippen molar-refractivity contribution in [2.75, 3.05) is 48.8 Å². The molecule has 366 valence electrons. The number of phenols is 1. The molecule has 0 saturated heterocycles. The fourth-order valence-electron chi connectivity index (χ4n) is 7.17. The topological polar surface area (TPSA) is 261 Å². The number of rotatable bonds is 19. The number of nitriles is 1. The van der Waals surface area contributed by atoms with Gasteiger partial charge < -0.3 is 52.6 Å². The van der Waals surface area contributed by atoms with Crippen molar-refractivity contribution < 1.29 is 80.9 Å². The van der Waals surface area contributed by atoms with E-state index in [0.717, 1.165) is 35.4 Å². The molecule has 21 heteroatoms. The number of ether oxygens (including phenoxy) is 7. The molecule has 0 spiro atoms. The molecule has 0 aliphatic carbocycles. The molecule has 4 rings (SSSR count).